The minimum atomic E-state index is -0.789. The van der Waals surface area contributed by atoms with Gasteiger partial charge in [-0.3, -0.25) is 9.69 Å². The number of carbonyl (C=O) groups is 3. The van der Waals surface area contributed by atoms with Gasteiger partial charge < -0.3 is 19.4 Å². The van der Waals surface area contributed by atoms with Crippen molar-refractivity contribution in [2.75, 3.05) is 20.3 Å². The first-order valence-electron chi connectivity index (χ1n) is 16.0. The van der Waals surface area contributed by atoms with Crippen molar-refractivity contribution in [1.29, 1.82) is 0 Å². The maximum Gasteiger partial charge on any atom is 0.410 e. The number of nitrogens with zero attached hydrogens (tertiary/aromatic N) is 2. The number of benzene rings is 3. The summed E-state index contributed by atoms with van der Waals surface area (Å²) < 4.78 is 11.3. The fourth-order valence-corrected chi connectivity index (χ4v) is 7.78. The average molecular weight is 606 g/mol. The Hall–Kier alpha value is -4.59. The van der Waals surface area contributed by atoms with Gasteiger partial charge in [-0.25, -0.2) is 9.59 Å². The van der Waals surface area contributed by atoms with Gasteiger partial charge >= 0.3 is 12.1 Å². The number of ether oxygens (including phenoxy) is 2. The van der Waals surface area contributed by atoms with E-state index in [1.807, 2.05) is 42.5 Å². The summed E-state index contributed by atoms with van der Waals surface area (Å²) in [5.74, 6) is -0.493. The molecule has 1 N–H and O–H groups in total. The molecule has 3 aliphatic rings. The average Bonchev–Trinajstić information content (AvgIpc) is 3.77. The smallest absolute Gasteiger partial charge is 0.410 e. The highest BCUT2D eigenvalue weighted by molar-refractivity contribution is 5.93. The number of amides is 2. The Morgan fingerprint density at radius 3 is 2.27 bits per heavy atom. The lowest BCUT2D eigenvalue weighted by Crippen LogP contribution is -2.57. The Morgan fingerprint density at radius 2 is 1.58 bits per heavy atom. The molecule has 8 nitrogen and oxygen atoms in total. The van der Waals surface area contributed by atoms with Crippen molar-refractivity contribution in [3.05, 3.63) is 95.2 Å². The molecule has 2 amide bonds. The maximum absolute atomic E-state index is 14.6. The maximum atomic E-state index is 14.6. The number of methoxy groups -OCH3 is 1. The minimum absolute atomic E-state index is 0.0697. The number of H-pyrrole nitrogens is 1. The van der Waals surface area contributed by atoms with E-state index in [0.717, 1.165) is 44.4 Å². The highest BCUT2D eigenvalue weighted by Gasteiger charge is 2.48. The molecule has 0 spiro atoms. The van der Waals surface area contributed by atoms with Gasteiger partial charge in [0.05, 0.1) is 13.2 Å². The SMILES string of the molecule is COC(=O)[C@@H]1Cc2c([nH]c3ccccc23)[C@H](CC(C)C)N1C(=O)[C@@H]1CCCN1C(=O)OCC1c2ccccc2-c2ccccc21. The quantitative estimate of drug-likeness (QED) is 0.250. The first kappa shape index (κ1) is 29.1. The molecule has 0 unspecified atom stereocenters. The lowest BCUT2D eigenvalue weighted by atomic mass is 9.87. The van der Waals surface area contributed by atoms with E-state index in [2.05, 4.69) is 49.2 Å². The Morgan fingerprint density at radius 1 is 0.911 bits per heavy atom. The minimum Gasteiger partial charge on any atom is -0.467 e. The van der Waals surface area contributed by atoms with Gasteiger partial charge in [0.25, 0.3) is 0 Å². The summed E-state index contributed by atoms with van der Waals surface area (Å²) in [7, 11) is 1.37. The highest BCUT2D eigenvalue weighted by Crippen LogP contribution is 2.45. The number of likely N-dealkylation sites (tertiary alicyclic amines) is 1. The van der Waals surface area contributed by atoms with Crippen LogP contribution in [0.15, 0.2) is 72.8 Å². The number of nitrogens with one attached hydrogen (secondary N) is 1. The van der Waals surface area contributed by atoms with Gasteiger partial charge in [-0.2, -0.15) is 0 Å². The molecule has 45 heavy (non-hydrogen) atoms. The zero-order chi connectivity index (χ0) is 31.2. The van der Waals surface area contributed by atoms with E-state index >= 15 is 0 Å². The number of aromatic amines is 1. The van der Waals surface area contributed by atoms with Crippen LogP contribution in [0.2, 0.25) is 0 Å². The van der Waals surface area contributed by atoms with E-state index in [1.165, 1.54) is 7.11 Å². The summed E-state index contributed by atoms with van der Waals surface area (Å²) in [4.78, 5) is 48.5. The molecular weight excluding hydrogens is 566 g/mol. The Kier molecular flexibility index (Phi) is 7.59. The third-order valence-electron chi connectivity index (χ3n) is 9.78. The predicted molar refractivity (Wildman–Crippen MR) is 172 cm³/mol. The first-order valence-corrected chi connectivity index (χ1v) is 16.0. The van der Waals surface area contributed by atoms with Crippen molar-refractivity contribution in [3.63, 3.8) is 0 Å². The molecule has 8 heteroatoms. The Balaban J connectivity index is 1.16. The molecule has 3 aromatic carbocycles. The van der Waals surface area contributed by atoms with E-state index in [0.29, 0.717) is 32.2 Å². The zero-order valence-electron chi connectivity index (χ0n) is 26.0. The summed E-state index contributed by atoms with van der Waals surface area (Å²) in [6, 6.07) is 22.6. The van der Waals surface area contributed by atoms with E-state index in [9.17, 15) is 14.4 Å². The third-order valence-corrected chi connectivity index (χ3v) is 9.78. The third kappa shape index (κ3) is 4.96. The monoisotopic (exact) mass is 605 g/mol. The van der Waals surface area contributed by atoms with Gasteiger partial charge in [0.1, 0.15) is 18.7 Å². The number of carbonyl (C=O) groups excluding carboxylic acids is 3. The number of rotatable bonds is 6. The van der Waals surface area contributed by atoms with Crippen molar-refractivity contribution in [2.24, 2.45) is 5.92 Å². The Bertz CT molecular complexity index is 1730. The van der Waals surface area contributed by atoms with Crippen LogP contribution < -0.4 is 0 Å². The zero-order valence-corrected chi connectivity index (χ0v) is 26.0. The number of aromatic nitrogens is 1. The topological polar surface area (TPSA) is 91.9 Å². The first-order chi connectivity index (χ1) is 21.9. The molecule has 1 aliphatic carbocycles. The van der Waals surface area contributed by atoms with Crippen LogP contribution in [0.3, 0.4) is 0 Å². The number of fused-ring (bicyclic) bond motifs is 6. The lowest BCUT2D eigenvalue weighted by Gasteiger charge is -2.43. The fourth-order valence-electron chi connectivity index (χ4n) is 7.78. The van der Waals surface area contributed by atoms with Crippen molar-refractivity contribution >= 4 is 28.9 Å². The molecule has 0 radical (unpaired) electrons. The van der Waals surface area contributed by atoms with Gasteiger partial charge in [0.2, 0.25) is 5.91 Å². The van der Waals surface area contributed by atoms with Crippen molar-refractivity contribution in [3.8, 4) is 11.1 Å². The van der Waals surface area contributed by atoms with Crippen LogP contribution in [0.1, 0.15) is 67.5 Å². The predicted octanol–water partition coefficient (Wildman–Crippen LogP) is 6.59. The normalized spacial score (nSPS) is 20.7. The van der Waals surface area contributed by atoms with Crippen LogP contribution in [0.25, 0.3) is 22.0 Å². The van der Waals surface area contributed by atoms with Crippen LogP contribution in [0.4, 0.5) is 4.79 Å². The molecule has 232 valence electrons. The van der Waals surface area contributed by atoms with Crippen molar-refractivity contribution in [1.82, 2.24) is 14.8 Å². The van der Waals surface area contributed by atoms with Crippen molar-refractivity contribution < 1.29 is 23.9 Å². The fraction of sp³-hybridized carbons (Fsp3) is 0.378. The highest BCUT2D eigenvalue weighted by atomic mass is 16.6. The van der Waals surface area contributed by atoms with E-state index in [1.54, 1.807) is 9.80 Å². The molecule has 0 bridgehead atoms. The van der Waals surface area contributed by atoms with Gasteiger partial charge in [-0.15, -0.1) is 0 Å². The van der Waals surface area contributed by atoms with Crippen molar-refractivity contribution in [2.45, 2.75) is 63.6 Å². The molecule has 4 aromatic rings. The summed E-state index contributed by atoms with van der Waals surface area (Å²) in [6.45, 7) is 4.85. The number of hydrogen-bond donors (Lipinski definition) is 1. The molecule has 1 fully saturated rings. The second kappa shape index (κ2) is 11.7. The molecule has 0 saturated carbocycles. The molecule has 2 aliphatic heterocycles. The second-order valence-electron chi connectivity index (χ2n) is 12.9. The molecule has 3 heterocycles. The van der Waals surface area contributed by atoms with Gasteiger partial charge in [-0.1, -0.05) is 80.6 Å². The van der Waals surface area contributed by atoms with Crippen LogP contribution in [0, 0.1) is 5.92 Å². The molecule has 3 atom stereocenters. The van der Waals surface area contributed by atoms with Crippen LogP contribution in [0.5, 0.6) is 0 Å². The lowest BCUT2D eigenvalue weighted by molar-refractivity contribution is -0.158. The van der Waals surface area contributed by atoms with E-state index in [4.69, 9.17) is 9.47 Å². The summed E-state index contributed by atoms with van der Waals surface area (Å²) >= 11 is 0. The van der Waals surface area contributed by atoms with Gasteiger partial charge in [0.15, 0.2) is 0 Å². The standard InChI is InChI=1S/C37H39N3O5/c1-22(2)19-32-34-28(27-15-8-9-16-30(27)38-34)20-33(36(42)44-3)40(32)35(41)31-17-10-18-39(31)37(43)45-21-29-25-13-6-4-11-23(25)24-12-5-7-14-26(24)29/h4-9,11-16,22,29,31-33,38H,10,17-21H2,1-3H3/t31-,32-,33-/m0/s1. The number of para-hydroxylation sites is 1. The molecular formula is C37H39N3O5. The second-order valence-corrected chi connectivity index (χ2v) is 12.9. The van der Waals surface area contributed by atoms with E-state index < -0.39 is 24.1 Å². The van der Waals surface area contributed by atoms with Gasteiger partial charge in [0, 0.05) is 35.5 Å². The van der Waals surface area contributed by atoms with Crippen LogP contribution >= 0.6 is 0 Å². The summed E-state index contributed by atoms with van der Waals surface area (Å²) in [5, 5.41) is 1.06. The molecule has 1 saturated heterocycles. The molecule has 7 rings (SSSR count). The largest absolute Gasteiger partial charge is 0.467 e. The van der Waals surface area contributed by atoms with Crippen LogP contribution in [-0.4, -0.2) is 65.1 Å². The summed E-state index contributed by atoms with van der Waals surface area (Å²) in [6.07, 6.45) is 1.72. The molecule has 1 aromatic heterocycles. The number of hydrogen-bond acceptors (Lipinski definition) is 5. The summed E-state index contributed by atoms with van der Waals surface area (Å²) in [5.41, 5.74) is 7.60. The van der Waals surface area contributed by atoms with Gasteiger partial charge in [-0.05, 0) is 59.1 Å². The van der Waals surface area contributed by atoms with Crippen LogP contribution in [-0.2, 0) is 25.5 Å². The van der Waals surface area contributed by atoms with E-state index in [-0.39, 0.29) is 30.4 Å². The number of esters is 1. The Labute approximate surface area is 263 Å².